The van der Waals surface area contributed by atoms with Gasteiger partial charge in [0.05, 0.1) is 12.2 Å². The van der Waals surface area contributed by atoms with Crippen molar-refractivity contribution >= 4 is 0 Å². The monoisotopic (exact) mass is 332 g/mol. The van der Waals surface area contributed by atoms with Crippen molar-refractivity contribution in [2.24, 2.45) is 0 Å². The van der Waals surface area contributed by atoms with Crippen molar-refractivity contribution in [3.63, 3.8) is 0 Å². The van der Waals surface area contributed by atoms with E-state index in [2.05, 4.69) is 30.7 Å². The molecule has 1 atom stereocenters. The molecule has 142 valence electrons. The summed E-state index contributed by atoms with van der Waals surface area (Å²) in [4.78, 5) is 4.68. The van der Waals surface area contributed by atoms with Crippen LogP contribution in [0.25, 0.3) is 0 Å². The molecule has 1 unspecified atom stereocenters. The number of hydrogen-bond donors (Lipinski definition) is 2. The van der Waals surface area contributed by atoms with E-state index in [1.54, 1.807) is 0 Å². The zero-order valence-corrected chi connectivity index (χ0v) is 16.9. The van der Waals surface area contributed by atoms with Gasteiger partial charge in [0, 0.05) is 25.7 Å². The molecular weight excluding hydrogens is 288 g/mol. The third-order valence-electron chi connectivity index (χ3n) is 4.15. The van der Waals surface area contributed by atoms with Gasteiger partial charge in [0.1, 0.15) is 0 Å². The molecule has 0 radical (unpaired) electrons. The largest absolute Gasteiger partial charge is 0.393 e. The van der Waals surface area contributed by atoms with Gasteiger partial charge in [-0.05, 0) is 59.5 Å². The first-order valence-corrected chi connectivity index (χ1v) is 9.77. The van der Waals surface area contributed by atoms with Gasteiger partial charge in [-0.3, -0.25) is 0 Å². The molecule has 2 N–H and O–H groups in total. The fraction of sp³-hybridized carbons (Fsp3) is 1.00. The molecule has 0 bridgehead atoms. The summed E-state index contributed by atoms with van der Waals surface area (Å²) in [7, 11) is 2.11. The SMILES string of the molecule is CC.CC.CC(C)N1CCC(O)CC1.CN1CCCC(O)CC1. The quantitative estimate of drug-likeness (QED) is 0.773. The molecule has 2 saturated heterocycles. The van der Waals surface area contributed by atoms with Crippen molar-refractivity contribution in [1.82, 2.24) is 9.80 Å². The van der Waals surface area contributed by atoms with Crippen LogP contribution in [0.5, 0.6) is 0 Å². The Morgan fingerprint density at radius 2 is 1.17 bits per heavy atom. The molecule has 0 aromatic carbocycles. The van der Waals surface area contributed by atoms with E-state index in [1.807, 2.05) is 27.7 Å². The average Bonchev–Trinajstić information content (AvgIpc) is 2.76. The van der Waals surface area contributed by atoms with Crippen LogP contribution in [0.2, 0.25) is 0 Å². The minimum atomic E-state index is -0.0325. The Bertz CT molecular complexity index is 219. The molecule has 0 aromatic rings. The second kappa shape index (κ2) is 16.7. The zero-order valence-electron chi connectivity index (χ0n) is 16.9. The average molecular weight is 333 g/mol. The summed E-state index contributed by atoms with van der Waals surface area (Å²) in [5, 5.41) is 18.4. The Morgan fingerprint density at radius 1 is 0.739 bits per heavy atom. The molecule has 2 fully saturated rings. The van der Waals surface area contributed by atoms with Crippen LogP contribution in [0.3, 0.4) is 0 Å². The minimum absolute atomic E-state index is 0.0324. The summed E-state index contributed by atoms with van der Waals surface area (Å²) < 4.78 is 0. The Hall–Kier alpha value is -0.160. The molecule has 2 aliphatic rings. The second-order valence-corrected chi connectivity index (χ2v) is 6.25. The maximum atomic E-state index is 9.18. The summed E-state index contributed by atoms with van der Waals surface area (Å²) in [5.74, 6) is 0. The van der Waals surface area contributed by atoms with Crippen molar-refractivity contribution in [2.75, 3.05) is 33.2 Å². The summed E-state index contributed by atoms with van der Waals surface area (Å²) in [6, 6.07) is 0.646. The summed E-state index contributed by atoms with van der Waals surface area (Å²) in [6.45, 7) is 16.8. The normalized spacial score (nSPS) is 23.5. The Labute approximate surface area is 145 Å². The molecule has 4 heteroatoms. The number of aliphatic hydroxyl groups excluding tert-OH is 2. The van der Waals surface area contributed by atoms with Gasteiger partial charge in [-0.15, -0.1) is 0 Å². The molecule has 0 amide bonds. The van der Waals surface area contributed by atoms with Crippen molar-refractivity contribution < 1.29 is 10.2 Å². The first-order valence-electron chi connectivity index (χ1n) is 9.77. The van der Waals surface area contributed by atoms with E-state index in [0.29, 0.717) is 6.04 Å². The lowest BCUT2D eigenvalue weighted by atomic mass is 10.1. The van der Waals surface area contributed by atoms with Crippen LogP contribution in [-0.2, 0) is 0 Å². The summed E-state index contributed by atoms with van der Waals surface area (Å²) >= 11 is 0. The lowest BCUT2D eigenvalue weighted by Crippen LogP contribution is -2.39. The first-order chi connectivity index (χ1) is 11.0. The minimum Gasteiger partial charge on any atom is -0.393 e. The molecule has 23 heavy (non-hydrogen) atoms. The van der Waals surface area contributed by atoms with E-state index in [0.717, 1.165) is 58.3 Å². The van der Waals surface area contributed by atoms with Crippen molar-refractivity contribution in [3.8, 4) is 0 Å². The number of rotatable bonds is 1. The molecule has 2 aliphatic heterocycles. The summed E-state index contributed by atoms with van der Waals surface area (Å²) in [5.41, 5.74) is 0. The predicted molar refractivity (Wildman–Crippen MR) is 102 cm³/mol. The molecule has 0 aliphatic carbocycles. The number of hydrogen-bond acceptors (Lipinski definition) is 4. The third-order valence-corrected chi connectivity index (χ3v) is 4.15. The van der Waals surface area contributed by atoms with E-state index in [4.69, 9.17) is 0 Å². The van der Waals surface area contributed by atoms with Crippen molar-refractivity contribution in [1.29, 1.82) is 0 Å². The number of piperidine rings is 1. The highest BCUT2D eigenvalue weighted by molar-refractivity contribution is 4.73. The fourth-order valence-corrected chi connectivity index (χ4v) is 2.62. The molecule has 0 spiro atoms. The first kappa shape index (κ1) is 25.1. The van der Waals surface area contributed by atoms with Gasteiger partial charge in [0.15, 0.2) is 0 Å². The lowest BCUT2D eigenvalue weighted by Gasteiger charge is -2.32. The van der Waals surface area contributed by atoms with E-state index in [1.165, 1.54) is 0 Å². The molecule has 2 heterocycles. The van der Waals surface area contributed by atoms with E-state index in [9.17, 15) is 10.2 Å². The maximum absolute atomic E-state index is 9.18. The van der Waals surface area contributed by atoms with Gasteiger partial charge in [-0.25, -0.2) is 0 Å². The lowest BCUT2D eigenvalue weighted by molar-refractivity contribution is 0.0685. The summed E-state index contributed by atoms with van der Waals surface area (Å²) in [6.07, 6.45) is 4.94. The van der Waals surface area contributed by atoms with E-state index in [-0.39, 0.29) is 12.2 Å². The third kappa shape index (κ3) is 13.9. The number of aliphatic hydroxyl groups is 2. The van der Waals surface area contributed by atoms with Crippen LogP contribution < -0.4 is 0 Å². The van der Waals surface area contributed by atoms with Gasteiger partial charge in [-0.2, -0.15) is 0 Å². The highest BCUT2D eigenvalue weighted by Gasteiger charge is 2.18. The van der Waals surface area contributed by atoms with Gasteiger partial charge in [0.2, 0.25) is 0 Å². The topological polar surface area (TPSA) is 46.9 Å². The molecule has 0 saturated carbocycles. The molecular formula is C19H44N2O2. The van der Waals surface area contributed by atoms with Crippen molar-refractivity contribution in [2.45, 2.75) is 91.9 Å². The van der Waals surface area contributed by atoms with Gasteiger partial charge in [-0.1, -0.05) is 27.7 Å². The predicted octanol–water partition coefficient (Wildman–Crippen LogP) is 3.37. The zero-order chi connectivity index (χ0) is 18.3. The van der Waals surface area contributed by atoms with Crippen LogP contribution in [0, 0.1) is 0 Å². The Morgan fingerprint density at radius 3 is 1.65 bits per heavy atom. The fourth-order valence-electron chi connectivity index (χ4n) is 2.62. The van der Waals surface area contributed by atoms with Crippen molar-refractivity contribution in [3.05, 3.63) is 0 Å². The van der Waals surface area contributed by atoms with E-state index < -0.39 is 0 Å². The standard InChI is InChI=1S/C8H17NO.C7H15NO.2C2H6/c1-7(2)9-5-3-8(10)4-6-9;1-8-5-2-3-7(9)4-6-8;2*1-2/h7-8,10H,3-6H2,1-2H3;7,9H,2-6H2,1H3;2*1-2H3. The molecule has 2 rings (SSSR count). The molecule has 4 nitrogen and oxygen atoms in total. The maximum Gasteiger partial charge on any atom is 0.0564 e. The smallest absolute Gasteiger partial charge is 0.0564 e. The number of likely N-dealkylation sites (tertiary alicyclic amines) is 2. The van der Waals surface area contributed by atoms with Gasteiger partial charge in [0.25, 0.3) is 0 Å². The Kier molecular flexibility index (Phi) is 18.2. The number of nitrogens with zero attached hydrogens (tertiary/aromatic N) is 2. The molecule has 0 aromatic heterocycles. The van der Waals surface area contributed by atoms with Crippen LogP contribution in [0.15, 0.2) is 0 Å². The highest BCUT2D eigenvalue weighted by Crippen LogP contribution is 2.12. The van der Waals surface area contributed by atoms with Crippen LogP contribution >= 0.6 is 0 Å². The van der Waals surface area contributed by atoms with Crippen LogP contribution in [0.4, 0.5) is 0 Å². The van der Waals surface area contributed by atoms with E-state index >= 15 is 0 Å². The second-order valence-electron chi connectivity index (χ2n) is 6.25. The van der Waals surface area contributed by atoms with Crippen LogP contribution in [0.1, 0.15) is 73.6 Å². The van der Waals surface area contributed by atoms with Crippen LogP contribution in [-0.4, -0.2) is 71.5 Å². The van der Waals surface area contributed by atoms with Gasteiger partial charge < -0.3 is 20.0 Å². The van der Waals surface area contributed by atoms with Gasteiger partial charge >= 0.3 is 0 Å². The highest BCUT2D eigenvalue weighted by atomic mass is 16.3. The Balaban J connectivity index is 0.